The summed E-state index contributed by atoms with van der Waals surface area (Å²) >= 11 is 0. The van der Waals surface area contributed by atoms with E-state index < -0.39 is 21.8 Å². The number of carbonyl (C=O) groups excluding carboxylic acids is 1. The first kappa shape index (κ1) is 18.2. The van der Waals surface area contributed by atoms with E-state index in [-0.39, 0.29) is 12.6 Å². The Morgan fingerprint density at radius 2 is 1.89 bits per heavy atom. The molecule has 0 saturated heterocycles. The Labute approximate surface area is 116 Å². The monoisotopic (exact) mass is 295 g/mol. The van der Waals surface area contributed by atoms with Crippen LogP contribution in [0.15, 0.2) is 0 Å². The Morgan fingerprint density at radius 3 is 2.32 bits per heavy atom. The van der Waals surface area contributed by atoms with Crippen molar-refractivity contribution in [1.29, 1.82) is 0 Å². The number of hydrogen-bond acceptors (Lipinski definition) is 5. The number of nitrogens with one attached hydrogen (secondary N) is 1. The van der Waals surface area contributed by atoms with Crippen molar-refractivity contribution in [2.75, 3.05) is 12.9 Å². The zero-order valence-electron chi connectivity index (χ0n) is 12.4. The van der Waals surface area contributed by atoms with Gasteiger partial charge in [0, 0.05) is 0 Å². The second-order valence-electron chi connectivity index (χ2n) is 5.47. The standard InChI is InChI=1S/C12H25NO5S/c1-6-7-8-10(9-17-19(5,15)16)13-11(14)18-12(2,3)4/h10H,6-9H2,1-5H3,(H,13,14)/t10-/m0/s1. The molecule has 0 rings (SSSR count). The van der Waals surface area contributed by atoms with Crippen molar-refractivity contribution in [2.24, 2.45) is 0 Å². The molecule has 1 atom stereocenters. The molecule has 0 unspecified atom stereocenters. The fraction of sp³-hybridized carbons (Fsp3) is 0.917. The Kier molecular flexibility index (Phi) is 7.36. The van der Waals surface area contributed by atoms with Crippen LogP contribution in [0.3, 0.4) is 0 Å². The van der Waals surface area contributed by atoms with Gasteiger partial charge < -0.3 is 10.1 Å². The SMILES string of the molecule is CCCC[C@@H](COS(C)(=O)=O)NC(=O)OC(C)(C)C. The summed E-state index contributed by atoms with van der Waals surface area (Å²) in [7, 11) is -3.51. The molecular weight excluding hydrogens is 270 g/mol. The van der Waals surface area contributed by atoms with E-state index in [1.165, 1.54) is 0 Å². The highest BCUT2D eigenvalue weighted by Gasteiger charge is 2.20. The van der Waals surface area contributed by atoms with Crippen LogP contribution in [0.5, 0.6) is 0 Å². The number of carbonyl (C=O) groups is 1. The lowest BCUT2D eigenvalue weighted by molar-refractivity contribution is 0.0484. The van der Waals surface area contributed by atoms with E-state index in [9.17, 15) is 13.2 Å². The van der Waals surface area contributed by atoms with Crippen molar-refractivity contribution < 1.29 is 22.1 Å². The van der Waals surface area contributed by atoms with Crippen molar-refractivity contribution >= 4 is 16.2 Å². The van der Waals surface area contributed by atoms with Crippen LogP contribution in [0.2, 0.25) is 0 Å². The van der Waals surface area contributed by atoms with E-state index in [2.05, 4.69) is 5.32 Å². The van der Waals surface area contributed by atoms with Gasteiger partial charge in [0.2, 0.25) is 0 Å². The maximum atomic E-state index is 11.6. The summed E-state index contributed by atoms with van der Waals surface area (Å²) < 4.78 is 31.8. The molecule has 0 aliphatic carbocycles. The van der Waals surface area contributed by atoms with Gasteiger partial charge in [0.25, 0.3) is 10.1 Å². The molecule has 0 saturated carbocycles. The highest BCUT2D eigenvalue weighted by Crippen LogP contribution is 2.08. The van der Waals surface area contributed by atoms with Crippen LogP contribution in [0, 0.1) is 0 Å². The van der Waals surface area contributed by atoms with Gasteiger partial charge in [-0.1, -0.05) is 19.8 Å². The Bertz CT molecular complexity index is 372. The summed E-state index contributed by atoms with van der Waals surface area (Å²) in [6.07, 6.45) is 2.88. The van der Waals surface area contributed by atoms with Crippen molar-refractivity contribution in [2.45, 2.75) is 58.6 Å². The fourth-order valence-electron chi connectivity index (χ4n) is 1.33. The van der Waals surface area contributed by atoms with Crippen LogP contribution in [-0.4, -0.2) is 39.0 Å². The molecule has 0 bridgehead atoms. The summed E-state index contributed by atoms with van der Waals surface area (Å²) in [4.78, 5) is 11.6. The smallest absolute Gasteiger partial charge is 0.407 e. The van der Waals surface area contributed by atoms with E-state index in [0.717, 1.165) is 19.1 Å². The number of alkyl carbamates (subject to hydrolysis) is 1. The van der Waals surface area contributed by atoms with E-state index in [1.807, 2.05) is 6.92 Å². The lowest BCUT2D eigenvalue weighted by atomic mass is 10.1. The number of rotatable bonds is 7. The minimum atomic E-state index is -3.51. The van der Waals surface area contributed by atoms with Crippen LogP contribution in [0.4, 0.5) is 4.79 Å². The first-order valence-electron chi connectivity index (χ1n) is 6.37. The number of hydrogen-bond donors (Lipinski definition) is 1. The molecule has 0 aliphatic heterocycles. The average molecular weight is 295 g/mol. The van der Waals surface area contributed by atoms with Gasteiger partial charge in [-0.2, -0.15) is 8.42 Å². The van der Waals surface area contributed by atoms with Crippen LogP contribution < -0.4 is 5.32 Å². The summed E-state index contributed by atoms with van der Waals surface area (Å²) in [6, 6.07) is -0.371. The Hall–Kier alpha value is -0.820. The Balaban J connectivity index is 4.37. The molecule has 7 heteroatoms. The molecule has 6 nitrogen and oxygen atoms in total. The molecule has 0 radical (unpaired) electrons. The zero-order valence-corrected chi connectivity index (χ0v) is 13.2. The maximum absolute atomic E-state index is 11.6. The van der Waals surface area contributed by atoms with Crippen molar-refractivity contribution in [3.05, 3.63) is 0 Å². The normalized spacial score (nSPS) is 13.9. The molecule has 1 N–H and O–H groups in total. The predicted octanol–water partition coefficient (Wildman–Crippen LogP) is 2.05. The molecule has 0 aromatic carbocycles. The van der Waals surface area contributed by atoms with Gasteiger partial charge in [0.15, 0.2) is 0 Å². The van der Waals surface area contributed by atoms with Crippen LogP contribution in [-0.2, 0) is 19.0 Å². The molecule has 0 fully saturated rings. The van der Waals surface area contributed by atoms with Crippen molar-refractivity contribution in [1.82, 2.24) is 5.32 Å². The molecule has 0 aromatic rings. The van der Waals surface area contributed by atoms with Gasteiger partial charge in [-0.3, -0.25) is 4.18 Å². The van der Waals surface area contributed by atoms with Gasteiger partial charge in [-0.25, -0.2) is 4.79 Å². The third kappa shape index (κ3) is 12.0. The van der Waals surface area contributed by atoms with Gasteiger partial charge >= 0.3 is 6.09 Å². The molecule has 0 aliphatic rings. The summed E-state index contributed by atoms with van der Waals surface area (Å²) in [6.45, 7) is 7.24. The van der Waals surface area contributed by atoms with E-state index in [0.29, 0.717) is 6.42 Å². The van der Waals surface area contributed by atoms with Gasteiger partial charge in [-0.15, -0.1) is 0 Å². The molecule has 0 spiro atoms. The molecule has 1 amide bonds. The van der Waals surface area contributed by atoms with Gasteiger partial charge in [0.05, 0.1) is 18.9 Å². The number of ether oxygens (including phenoxy) is 1. The minimum absolute atomic E-state index is 0.0714. The van der Waals surface area contributed by atoms with E-state index in [4.69, 9.17) is 8.92 Å². The first-order valence-corrected chi connectivity index (χ1v) is 8.19. The van der Waals surface area contributed by atoms with E-state index >= 15 is 0 Å². The zero-order chi connectivity index (χ0) is 15.1. The second kappa shape index (κ2) is 7.69. The van der Waals surface area contributed by atoms with Crippen molar-refractivity contribution in [3.63, 3.8) is 0 Å². The lowest BCUT2D eigenvalue weighted by Crippen LogP contribution is -2.41. The third-order valence-electron chi connectivity index (χ3n) is 2.11. The minimum Gasteiger partial charge on any atom is -0.444 e. The van der Waals surface area contributed by atoms with Crippen LogP contribution in [0.1, 0.15) is 47.0 Å². The summed E-state index contributed by atoms with van der Waals surface area (Å²) in [5.74, 6) is 0. The number of amides is 1. The summed E-state index contributed by atoms with van der Waals surface area (Å²) in [5, 5.41) is 2.63. The molecule has 0 heterocycles. The predicted molar refractivity (Wildman–Crippen MR) is 73.5 cm³/mol. The second-order valence-corrected chi connectivity index (χ2v) is 7.12. The topological polar surface area (TPSA) is 81.7 Å². The lowest BCUT2D eigenvalue weighted by Gasteiger charge is -2.23. The highest BCUT2D eigenvalue weighted by molar-refractivity contribution is 7.85. The molecule has 0 aromatic heterocycles. The highest BCUT2D eigenvalue weighted by atomic mass is 32.2. The third-order valence-corrected chi connectivity index (χ3v) is 2.67. The molecular formula is C12H25NO5S. The van der Waals surface area contributed by atoms with Crippen LogP contribution >= 0.6 is 0 Å². The summed E-state index contributed by atoms with van der Waals surface area (Å²) in [5.41, 5.74) is -0.586. The van der Waals surface area contributed by atoms with Gasteiger partial charge in [-0.05, 0) is 27.2 Å². The Morgan fingerprint density at radius 1 is 1.32 bits per heavy atom. The van der Waals surface area contributed by atoms with Crippen LogP contribution in [0.25, 0.3) is 0 Å². The average Bonchev–Trinajstić information content (AvgIpc) is 2.18. The van der Waals surface area contributed by atoms with Gasteiger partial charge in [0.1, 0.15) is 5.60 Å². The fourth-order valence-corrected chi connectivity index (χ4v) is 1.74. The largest absolute Gasteiger partial charge is 0.444 e. The molecule has 19 heavy (non-hydrogen) atoms. The maximum Gasteiger partial charge on any atom is 0.407 e. The number of unbranched alkanes of at least 4 members (excludes halogenated alkanes) is 1. The van der Waals surface area contributed by atoms with E-state index in [1.54, 1.807) is 20.8 Å². The first-order chi connectivity index (χ1) is 8.53. The molecule has 114 valence electrons. The van der Waals surface area contributed by atoms with Crippen molar-refractivity contribution in [3.8, 4) is 0 Å². The quantitative estimate of drug-likeness (QED) is 0.727.